The molecule has 124 valence electrons. The first-order chi connectivity index (χ1) is 11.7. The molecule has 6 nitrogen and oxygen atoms in total. The van der Waals surface area contributed by atoms with E-state index < -0.39 is 0 Å². The van der Waals surface area contributed by atoms with Gasteiger partial charge in [-0.25, -0.2) is 4.98 Å². The highest BCUT2D eigenvalue weighted by molar-refractivity contribution is 5.84. The lowest BCUT2D eigenvalue weighted by Crippen LogP contribution is -2.26. The topological polar surface area (TPSA) is 65.4 Å². The summed E-state index contributed by atoms with van der Waals surface area (Å²) in [6, 6.07) is 12.7. The summed E-state index contributed by atoms with van der Waals surface area (Å²) in [4.78, 5) is 17.7. The van der Waals surface area contributed by atoms with Crippen molar-refractivity contribution in [2.24, 2.45) is 0 Å². The molecule has 1 aromatic heterocycles. The standard InChI is InChI=1S/C18H19N3O3/c1-19-11-16-20-17-14(5-4-6-15(17)24-3)18(22)21(16)12-7-9-13(23-2)10-8-12/h4-10,19H,11H2,1-3H3. The van der Waals surface area contributed by atoms with Gasteiger partial charge < -0.3 is 14.8 Å². The van der Waals surface area contributed by atoms with Gasteiger partial charge in [-0.15, -0.1) is 0 Å². The van der Waals surface area contributed by atoms with Gasteiger partial charge in [0.15, 0.2) is 0 Å². The van der Waals surface area contributed by atoms with Crippen LogP contribution in [0, 0.1) is 0 Å². The number of benzene rings is 2. The van der Waals surface area contributed by atoms with Crippen LogP contribution in [-0.4, -0.2) is 30.8 Å². The molecule has 0 radical (unpaired) electrons. The summed E-state index contributed by atoms with van der Waals surface area (Å²) in [7, 11) is 5.00. The van der Waals surface area contributed by atoms with Gasteiger partial charge in [0.1, 0.15) is 22.8 Å². The molecule has 0 spiro atoms. The fourth-order valence-corrected chi connectivity index (χ4v) is 2.67. The highest BCUT2D eigenvalue weighted by Crippen LogP contribution is 2.23. The minimum absolute atomic E-state index is 0.130. The molecule has 3 aromatic rings. The maximum absolute atomic E-state index is 13.1. The Morgan fingerprint density at radius 1 is 1.08 bits per heavy atom. The van der Waals surface area contributed by atoms with Crippen LogP contribution in [0.5, 0.6) is 11.5 Å². The van der Waals surface area contributed by atoms with Crippen molar-refractivity contribution in [1.82, 2.24) is 14.9 Å². The Kier molecular flexibility index (Phi) is 4.48. The number of hydrogen-bond acceptors (Lipinski definition) is 5. The molecule has 3 rings (SSSR count). The SMILES string of the molecule is CNCc1nc2c(OC)cccc2c(=O)n1-c1ccc(OC)cc1. The Labute approximate surface area is 139 Å². The van der Waals surface area contributed by atoms with Crippen LogP contribution in [0.25, 0.3) is 16.6 Å². The molecule has 0 aliphatic carbocycles. The number of ether oxygens (including phenoxy) is 2. The lowest BCUT2D eigenvalue weighted by Gasteiger charge is -2.15. The molecule has 0 aliphatic rings. The molecular formula is C18H19N3O3. The number of nitrogens with zero attached hydrogens (tertiary/aromatic N) is 2. The van der Waals surface area contributed by atoms with Crippen LogP contribution in [0.4, 0.5) is 0 Å². The van der Waals surface area contributed by atoms with Gasteiger partial charge in [0, 0.05) is 0 Å². The Bertz CT molecular complexity index is 917. The van der Waals surface area contributed by atoms with Crippen molar-refractivity contribution in [2.75, 3.05) is 21.3 Å². The van der Waals surface area contributed by atoms with Crippen molar-refractivity contribution in [2.45, 2.75) is 6.54 Å². The van der Waals surface area contributed by atoms with Crippen LogP contribution >= 0.6 is 0 Å². The maximum atomic E-state index is 13.1. The van der Waals surface area contributed by atoms with Crippen molar-refractivity contribution in [3.05, 3.63) is 58.6 Å². The number of nitrogens with one attached hydrogen (secondary N) is 1. The third-order valence-electron chi connectivity index (χ3n) is 3.82. The predicted molar refractivity (Wildman–Crippen MR) is 93.2 cm³/mol. The first-order valence-electron chi connectivity index (χ1n) is 7.57. The molecular weight excluding hydrogens is 306 g/mol. The van der Waals surface area contributed by atoms with Crippen LogP contribution < -0.4 is 20.3 Å². The second-order valence-corrected chi connectivity index (χ2v) is 5.25. The van der Waals surface area contributed by atoms with Gasteiger partial charge >= 0.3 is 0 Å². The zero-order valence-corrected chi connectivity index (χ0v) is 13.9. The van der Waals surface area contributed by atoms with E-state index in [1.165, 1.54) is 0 Å². The molecule has 0 fully saturated rings. The molecule has 0 aliphatic heterocycles. The van der Waals surface area contributed by atoms with Crippen LogP contribution in [0.15, 0.2) is 47.3 Å². The smallest absolute Gasteiger partial charge is 0.266 e. The average Bonchev–Trinajstić information content (AvgIpc) is 2.62. The second kappa shape index (κ2) is 6.72. The van der Waals surface area contributed by atoms with Crippen molar-refractivity contribution in [3.63, 3.8) is 0 Å². The number of para-hydroxylation sites is 1. The molecule has 1 heterocycles. The van der Waals surface area contributed by atoms with Crippen molar-refractivity contribution >= 4 is 10.9 Å². The highest BCUT2D eigenvalue weighted by atomic mass is 16.5. The zero-order valence-electron chi connectivity index (χ0n) is 13.9. The Hall–Kier alpha value is -2.86. The fourth-order valence-electron chi connectivity index (χ4n) is 2.67. The van der Waals surface area contributed by atoms with Gasteiger partial charge in [0.25, 0.3) is 5.56 Å². The number of hydrogen-bond donors (Lipinski definition) is 1. The monoisotopic (exact) mass is 325 g/mol. The summed E-state index contributed by atoms with van der Waals surface area (Å²) in [5.41, 5.74) is 1.18. The van der Waals surface area contributed by atoms with Crippen LogP contribution in [0.3, 0.4) is 0 Å². The summed E-state index contributed by atoms with van der Waals surface area (Å²) in [6.07, 6.45) is 0. The third-order valence-corrected chi connectivity index (χ3v) is 3.82. The predicted octanol–water partition coefficient (Wildman–Crippen LogP) is 2.12. The minimum atomic E-state index is -0.130. The molecule has 0 amide bonds. The zero-order chi connectivity index (χ0) is 17.1. The molecule has 6 heteroatoms. The first-order valence-corrected chi connectivity index (χ1v) is 7.57. The normalized spacial score (nSPS) is 10.8. The van der Waals surface area contributed by atoms with Gasteiger partial charge in [-0.2, -0.15) is 0 Å². The van der Waals surface area contributed by atoms with Crippen molar-refractivity contribution in [3.8, 4) is 17.2 Å². The summed E-state index contributed by atoms with van der Waals surface area (Å²) in [6.45, 7) is 0.454. The quantitative estimate of drug-likeness (QED) is 0.778. The van der Waals surface area contributed by atoms with E-state index in [2.05, 4.69) is 10.3 Å². The van der Waals surface area contributed by atoms with E-state index >= 15 is 0 Å². The first kappa shape index (κ1) is 16.0. The fraction of sp³-hybridized carbons (Fsp3) is 0.222. The Balaban J connectivity index is 2.30. The molecule has 0 unspecified atom stereocenters. The van der Waals surface area contributed by atoms with Gasteiger partial charge in [-0.05, 0) is 43.4 Å². The van der Waals surface area contributed by atoms with E-state index in [4.69, 9.17) is 9.47 Å². The molecule has 24 heavy (non-hydrogen) atoms. The number of aromatic nitrogens is 2. The number of methoxy groups -OCH3 is 2. The lowest BCUT2D eigenvalue weighted by molar-refractivity contribution is 0.414. The van der Waals surface area contributed by atoms with Gasteiger partial charge in [0.05, 0.1) is 31.8 Å². The Morgan fingerprint density at radius 2 is 1.83 bits per heavy atom. The second-order valence-electron chi connectivity index (χ2n) is 5.25. The van der Waals surface area contributed by atoms with E-state index in [0.717, 1.165) is 11.4 Å². The third kappa shape index (κ3) is 2.72. The van der Waals surface area contributed by atoms with Crippen LogP contribution in [0.1, 0.15) is 5.82 Å². The summed E-state index contributed by atoms with van der Waals surface area (Å²) in [5, 5.41) is 3.58. The van der Waals surface area contributed by atoms with Crippen LogP contribution in [-0.2, 0) is 6.54 Å². The largest absolute Gasteiger partial charge is 0.497 e. The maximum Gasteiger partial charge on any atom is 0.266 e. The molecule has 0 saturated carbocycles. The van der Waals surface area contributed by atoms with E-state index in [1.54, 1.807) is 37.0 Å². The Morgan fingerprint density at radius 3 is 2.46 bits per heavy atom. The van der Waals surface area contributed by atoms with E-state index in [1.807, 2.05) is 31.3 Å². The van der Waals surface area contributed by atoms with E-state index in [-0.39, 0.29) is 5.56 Å². The molecule has 0 atom stereocenters. The van der Waals surface area contributed by atoms with Gasteiger partial charge in [-0.3, -0.25) is 9.36 Å². The highest BCUT2D eigenvalue weighted by Gasteiger charge is 2.15. The van der Waals surface area contributed by atoms with E-state index in [9.17, 15) is 4.79 Å². The van der Waals surface area contributed by atoms with Crippen molar-refractivity contribution in [1.29, 1.82) is 0 Å². The summed E-state index contributed by atoms with van der Waals surface area (Å²) >= 11 is 0. The average molecular weight is 325 g/mol. The molecule has 2 aromatic carbocycles. The van der Waals surface area contributed by atoms with E-state index in [0.29, 0.717) is 29.0 Å². The van der Waals surface area contributed by atoms with Crippen LogP contribution in [0.2, 0.25) is 0 Å². The molecule has 0 bridgehead atoms. The summed E-state index contributed by atoms with van der Waals surface area (Å²) < 4.78 is 12.1. The lowest BCUT2D eigenvalue weighted by atomic mass is 10.2. The molecule has 0 saturated heterocycles. The minimum Gasteiger partial charge on any atom is -0.497 e. The van der Waals surface area contributed by atoms with Gasteiger partial charge in [0.2, 0.25) is 0 Å². The van der Waals surface area contributed by atoms with Gasteiger partial charge in [-0.1, -0.05) is 6.07 Å². The van der Waals surface area contributed by atoms with Crippen molar-refractivity contribution < 1.29 is 9.47 Å². The summed E-state index contributed by atoms with van der Waals surface area (Å²) in [5.74, 6) is 1.94. The molecule has 1 N–H and O–H groups in total. The number of rotatable bonds is 5. The number of fused-ring (bicyclic) bond motifs is 1.